The molecule has 2 heterocycles. The van der Waals surface area contributed by atoms with Crippen molar-refractivity contribution in [3.05, 3.63) is 15.6 Å². The maximum atomic E-state index is 12.0. The Morgan fingerprint density at radius 3 is 2.80 bits per heavy atom. The van der Waals surface area contributed by atoms with Crippen LogP contribution in [0.3, 0.4) is 0 Å². The molecule has 0 saturated carbocycles. The molecule has 0 spiro atoms. The first-order valence-electron chi connectivity index (χ1n) is 10.8. The van der Waals surface area contributed by atoms with Crippen LogP contribution in [0.25, 0.3) is 0 Å². The van der Waals surface area contributed by atoms with Crippen molar-refractivity contribution in [2.24, 2.45) is 4.99 Å². The van der Waals surface area contributed by atoms with Crippen LogP contribution in [-0.4, -0.2) is 60.3 Å². The zero-order valence-corrected chi connectivity index (χ0v) is 21.8. The monoisotopic (exact) mass is 549 g/mol. The van der Waals surface area contributed by atoms with Crippen molar-refractivity contribution in [1.29, 1.82) is 0 Å². The van der Waals surface area contributed by atoms with E-state index in [2.05, 4.69) is 20.5 Å². The Balaban J connectivity index is 0.00000320. The van der Waals surface area contributed by atoms with Gasteiger partial charge in [0.2, 0.25) is 0 Å². The number of ether oxygens (including phenoxy) is 1. The summed E-state index contributed by atoms with van der Waals surface area (Å²) in [4.78, 5) is 24.9. The Bertz CT molecular complexity index is 708. The number of aryl methyl sites for hydroxylation is 3. The summed E-state index contributed by atoms with van der Waals surface area (Å²) in [6.45, 7) is 8.12. The lowest BCUT2D eigenvalue weighted by Gasteiger charge is -2.23. The number of guanidine groups is 1. The molecule has 1 fully saturated rings. The number of carbonyl (C=O) groups is 1. The van der Waals surface area contributed by atoms with Gasteiger partial charge in [-0.3, -0.25) is 4.99 Å². The van der Waals surface area contributed by atoms with Crippen LogP contribution < -0.4 is 10.6 Å². The van der Waals surface area contributed by atoms with E-state index in [0.717, 1.165) is 51.3 Å². The summed E-state index contributed by atoms with van der Waals surface area (Å²) in [6, 6.07) is 0.0880. The maximum Gasteiger partial charge on any atom is 0.407 e. The predicted octanol–water partition coefficient (Wildman–Crippen LogP) is 3.75. The summed E-state index contributed by atoms with van der Waals surface area (Å²) in [5.74, 6) is 0.900. The number of thiazole rings is 1. The van der Waals surface area contributed by atoms with Gasteiger partial charge in [0.1, 0.15) is 5.60 Å². The number of amides is 1. The first-order chi connectivity index (χ1) is 13.8. The number of likely N-dealkylation sites (tertiary alicyclic amines) is 1. The molecule has 2 N–H and O–H groups in total. The van der Waals surface area contributed by atoms with Crippen LogP contribution in [0.5, 0.6) is 0 Å². The molecule has 3 rings (SSSR count). The minimum absolute atomic E-state index is 0. The molecule has 170 valence electrons. The number of alkyl carbamates (subject to hydrolysis) is 1. The van der Waals surface area contributed by atoms with Gasteiger partial charge in [0.05, 0.1) is 16.7 Å². The van der Waals surface area contributed by atoms with Gasteiger partial charge >= 0.3 is 6.09 Å². The van der Waals surface area contributed by atoms with Crippen LogP contribution in [0, 0.1) is 0 Å². The second-order valence-corrected chi connectivity index (χ2v) is 10.0. The van der Waals surface area contributed by atoms with E-state index in [0.29, 0.717) is 0 Å². The summed E-state index contributed by atoms with van der Waals surface area (Å²) in [5, 5.41) is 7.70. The van der Waals surface area contributed by atoms with Crippen LogP contribution in [0.15, 0.2) is 4.99 Å². The third-order valence-corrected chi connectivity index (χ3v) is 6.38. The molecule has 1 aliphatic carbocycles. The fourth-order valence-corrected chi connectivity index (χ4v) is 5.03. The third-order valence-electron chi connectivity index (χ3n) is 5.16. The van der Waals surface area contributed by atoms with E-state index in [-0.39, 0.29) is 36.1 Å². The van der Waals surface area contributed by atoms with Crippen LogP contribution in [0.4, 0.5) is 4.79 Å². The van der Waals surface area contributed by atoms with Gasteiger partial charge in [-0.15, -0.1) is 35.3 Å². The van der Waals surface area contributed by atoms with E-state index in [1.165, 1.54) is 34.8 Å². The van der Waals surface area contributed by atoms with Gasteiger partial charge in [0, 0.05) is 38.0 Å². The normalized spacial score (nSPS) is 19.1. The van der Waals surface area contributed by atoms with Crippen molar-refractivity contribution in [2.45, 2.75) is 77.4 Å². The van der Waals surface area contributed by atoms with Crippen molar-refractivity contribution in [3.8, 4) is 0 Å². The molecular weight excluding hydrogens is 513 g/mol. The predicted molar refractivity (Wildman–Crippen MR) is 133 cm³/mol. The molecule has 1 saturated heterocycles. The van der Waals surface area contributed by atoms with Crippen molar-refractivity contribution < 1.29 is 9.53 Å². The SMILES string of the molecule is CN=C(NCCCc1nc2c(s1)CCCC2)N1CCC(NC(=O)OC(C)(C)C)C1.I. The fraction of sp³-hybridized carbons (Fsp3) is 0.762. The number of hydrogen-bond donors (Lipinski definition) is 2. The zero-order valence-electron chi connectivity index (χ0n) is 18.6. The number of hydrogen-bond acceptors (Lipinski definition) is 5. The van der Waals surface area contributed by atoms with Gasteiger partial charge in [-0.05, 0) is 59.3 Å². The average Bonchev–Trinajstić information content (AvgIpc) is 3.26. The minimum Gasteiger partial charge on any atom is -0.444 e. The summed E-state index contributed by atoms with van der Waals surface area (Å²) >= 11 is 1.90. The van der Waals surface area contributed by atoms with Crippen LogP contribution in [-0.2, 0) is 24.0 Å². The Morgan fingerprint density at radius 2 is 2.10 bits per heavy atom. The standard InChI is InChI=1S/C21H35N5O2S.HI/c1-21(2,3)28-20(27)24-15-11-13-26(14-15)19(22-4)23-12-7-10-18-25-16-8-5-6-9-17(16)29-18;/h15H,5-14H2,1-4H3,(H,22,23)(H,24,27);1H. The van der Waals surface area contributed by atoms with Crippen molar-refractivity contribution in [2.75, 3.05) is 26.7 Å². The molecule has 1 unspecified atom stereocenters. The van der Waals surface area contributed by atoms with Gasteiger partial charge < -0.3 is 20.3 Å². The molecule has 1 atom stereocenters. The van der Waals surface area contributed by atoms with E-state index >= 15 is 0 Å². The minimum atomic E-state index is -0.476. The summed E-state index contributed by atoms with van der Waals surface area (Å²) in [7, 11) is 1.81. The number of fused-ring (bicyclic) bond motifs is 1. The Kier molecular flexibility index (Phi) is 9.65. The first kappa shape index (κ1) is 25.2. The highest BCUT2D eigenvalue weighted by molar-refractivity contribution is 14.0. The van der Waals surface area contributed by atoms with E-state index in [1.807, 2.05) is 39.2 Å². The molecule has 0 aromatic carbocycles. The van der Waals surface area contributed by atoms with Gasteiger partial charge in [0.15, 0.2) is 5.96 Å². The van der Waals surface area contributed by atoms with E-state index in [1.54, 1.807) is 0 Å². The largest absolute Gasteiger partial charge is 0.444 e. The highest BCUT2D eigenvalue weighted by Crippen LogP contribution is 2.27. The average molecular weight is 550 g/mol. The van der Waals surface area contributed by atoms with Gasteiger partial charge in [-0.1, -0.05) is 0 Å². The number of nitrogens with zero attached hydrogens (tertiary/aromatic N) is 3. The number of carbonyl (C=O) groups excluding carboxylic acids is 1. The molecule has 30 heavy (non-hydrogen) atoms. The zero-order chi connectivity index (χ0) is 20.9. The van der Waals surface area contributed by atoms with Crippen LogP contribution in [0.1, 0.15) is 62.0 Å². The Hall–Kier alpha value is -1.10. The van der Waals surface area contributed by atoms with E-state index < -0.39 is 5.60 Å². The molecule has 1 aliphatic heterocycles. The number of aromatic nitrogens is 1. The summed E-state index contributed by atoms with van der Waals surface area (Å²) < 4.78 is 5.35. The van der Waals surface area contributed by atoms with Crippen molar-refractivity contribution in [1.82, 2.24) is 20.5 Å². The number of rotatable bonds is 5. The topological polar surface area (TPSA) is 78.9 Å². The smallest absolute Gasteiger partial charge is 0.407 e. The van der Waals surface area contributed by atoms with Gasteiger partial charge in [-0.2, -0.15) is 0 Å². The lowest BCUT2D eigenvalue weighted by atomic mass is 10.0. The molecule has 2 aliphatic rings. The van der Waals surface area contributed by atoms with E-state index in [9.17, 15) is 4.79 Å². The van der Waals surface area contributed by atoms with Gasteiger partial charge in [0.25, 0.3) is 0 Å². The van der Waals surface area contributed by atoms with Gasteiger partial charge in [-0.25, -0.2) is 9.78 Å². The fourth-order valence-electron chi connectivity index (χ4n) is 3.83. The summed E-state index contributed by atoms with van der Waals surface area (Å²) in [6.07, 6.45) is 7.57. The third kappa shape index (κ3) is 7.55. The number of halogens is 1. The molecule has 7 nitrogen and oxygen atoms in total. The van der Waals surface area contributed by atoms with Crippen molar-refractivity contribution in [3.63, 3.8) is 0 Å². The molecule has 1 aromatic heterocycles. The molecule has 0 bridgehead atoms. The quantitative estimate of drug-likeness (QED) is 0.253. The number of nitrogens with one attached hydrogen (secondary N) is 2. The highest BCUT2D eigenvalue weighted by Gasteiger charge is 2.27. The maximum absolute atomic E-state index is 12.0. The molecule has 9 heteroatoms. The second-order valence-electron chi connectivity index (χ2n) is 8.84. The Morgan fingerprint density at radius 1 is 1.33 bits per heavy atom. The highest BCUT2D eigenvalue weighted by atomic mass is 127. The lowest BCUT2D eigenvalue weighted by Crippen LogP contribution is -2.44. The van der Waals surface area contributed by atoms with Crippen molar-refractivity contribution >= 4 is 47.4 Å². The van der Waals surface area contributed by atoms with E-state index in [4.69, 9.17) is 9.72 Å². The molecule has 1 amide bonds. The van der Waals surface area contributed by atoms with Crippen LogP contribution in [0.2, 0.25) is 0 Å². The lowest BCUT2D eigenvalue weighted by molar-refractivity contribution is 0.0507. The van der Waals surface area contributed by atoms with Crippen LogP contribution >= 0.6 is 35.3 Å². The summed E-state index contributed by atoms with van der Waals surface area (Å²) in [5.41, 5.74) is 0.872. The molecule has 0 radical (unpaired) electrons. The molecule has 1 aromatic rings. The molecular formula is C21H36IN5O2S. The number of aliphatic imine (C=N–C) groups is 1. The Labute approximate surface area is 201 Å². The first-order valence-corrected chi connectivity index (χ1v) is 11.6. The second kappa shape index (κ2) is 11.5.